The van der Waals surface area contributed by atoms with Crippen LogP contribution in [0, 0.1) is 0 Å². The summed E-state index contributed by atoms with van der Waals surface area (Å²) in [6.45, 7) is 2.46. The summed E-state index contributed by atoms with van der Waals surface area (Å²) in [5.74, 6) is 0.344. The van der Waals surface area contributed by atoms with Crippen LogP contribution in [-0.2, 0) is 45.6 Å². The average Bonchev–Trinajstić information content (AvgIpc) is 3.63. The van der Waals surface area contributed by atoms with Crippen LogP contribution in [0.1, 0.15) is 68.7 Å². The van der Waals surface area contributed by atoms with Gasteiger partial charge in [0, 0.05) is 23.3 Å². The minimum Gasteiger partial charge on any atom is -0.455 e. The highest BCUT2D eigenvalue weighted by molar-refractivity contribution is 8.06. The molecule has 11 heteroatoms. The number of halogens is 1. The van der Waals surface area contributed by atoms with Crippen molar-refractivity contribution in [3.8, 4) is 0 Å². The molecule has 1 unspecified atom stereocenters. The minimum atomic E-state index is -4.40. The van der Waals surface area contributed by atoms with Gasteiger partial charge in [-0.25, -0.2) is 18.2 Å². The van der Waals surface area contributed by atoms with Crippen LogP contribution in [0.25, 0.3) is 0 Å². The largest absolute Gasteiger partial charge is 0.455 e. The molecule has 1 aliphatic heterocycles. The number of rotatable bonds is 12. The SMILES string of the molecule is CCCCc1nc(COC(=O)c2ccccc2)c(Cl)n1Cc1ccc(C2(NS(=O)(=O)C(=O)c3ccccc3)Cc3ccccc3S2)cc1. The van der Waals surface area contributed by atoms with E-state index in [-0.39, 0.29) is 12.2 Å². The Kier molecular flexibility index (Phi) is 10.2. The Morgan fingerprint density at radius 2 is 1.56 bits per heavy atom. The van der Waals surface area contributed by atoms with Gasteiger partial charge in [-0.15, -0.1) is 0 Å². The van der Waals surface area contributed by atoms with Crippen molar-refractivity contribution in [1.82, 2.24) is 14.3 Å². The zero-order valence-corrected chi connectivity index (χ0v) is 28.7. The van der Waals surface area contributed by atoms with E-state index in [9.17, 15) is 18.0 Å². The highest BCUT2D eigenvalue weighted by Gasteiger charge is 2.45. The molecule has 8 nitrogen and oxygen atoms in total. The lowest BCUT2D eigenvalue weighted by molar-refractivity contribution is 0.0468. The van der Waals surface area contributed by atoms with E-state index in [0.717, 1.165) is 34.7 Å². The Balaban J connectivity index is 1.26. The number of nitrogens with one attached hydrogen (secondary N) is 1. The molecule has 0 amide bonds. The Morgan fingerprint density at radius 3 is 2.23 bits per heavy atom. The van der Waals surface area contributed by atoms with Crippen molar-refractivity contribution in [2.24, 2.45) is 0 Å². The molecule has 1 atom stereocenters. The maximum Gasteiger partial charge on any atom is 0.338 e. The first-order valence-electron chi connectivity index (χ1n) is 15.6. The zero-order chi connectivity index (χ0) is 33.7. The number of fused-ring (bicyclic) bond motifs is 1. The smallest absolute Gasteiger partial charge is 0.338 e. The fraction of sp³-hybridized carbons (Fsp3) is 0.216. The number of hydrogen-bond donors (Lipinski definition) is 1. The second-order valence-corrected chi connectivity index (χ2v) is 14.8. The molecule has 5 aromatic rings. The lowest BCUT2D eigenvalue weighted by Crippen LogP contribution is -2.45. The number of thioether (sulfide) groups is 1. The van der Waals surface area contributed by atoms with E-state index in [2.05, 4.69) is 11.6 Å². The number of carbonyl (C=O) groups excluding carboxylic acids is 2. The monoisotopic (exact) mass is 699 g/mol. The van der Waals surface area contributed by atoms with Crippen LogP contribution in [-0.4, -0.2) is 29.1 Å². The van der Waals surface area contributed by atoms with Gasteiger partial charge in [-0.05, 0) is 41.3 Å². The number of sulfonamides is 1. The predicted molar refractivity (Wildman–Crippen MR) is 187 cm³/mol. The topological polar surface area (TPSA) is 107 Å². The summed E-state index contributed by atoms with van der Waals surface area (Å²) in [5, 5.41) is -0.577. The van der Waals surface area contributed by atoms with E-state index in [1.54, 1.807) is 42.5 Å². The summed E-state index contributed by atoms with van der Waals surface area (Å²) in [5.41, 5.74) is 3.66. The van der Waals surface area contributed by atoms with Crippen molar-refractivity contribution in [3.63, 3.8) is 0 Å². The van der Waals surface area contributed by atoms with Gasteiger partial charge >= 0.3 is 5.97 Å². The van der Waals surface area contributed by atoms with Gasteiger partial charge in [0.15, 0.2) is 0 Å². The molecular formula is C37H34ClN3O5S2. The van der Waals surface area contributed by atoms with Crippen molar-refractivity contribution in [1.29, 1.82) is 0 Å². The first-order chi connectivity index (χ1) is 23.2. The predicted octanol–water partition coefficient (Wildman–Crippen LogP) is 7.55. The average molecular weight is 700 g/mol. The Hall–Kier alpha value is -4.22. The number of aromatic nitrogens is 2. The molecule has 0 bridgehead atoms. The van der Waals surface area contributed by atoms with E-state index in [1.165, 1.54) is 23.9 Å². The van der Waals surface area contributed by atoms with Crippen LogP contribution in [0.15, 0.2) is 114 Å². The van der Waals surface area contributed by atoms with Crippen LogP contribution >= 0.6 is 23.4 Å². The summed E-state index contributed by atoms with van der Waals surface area (Å²) < 4.78 is 37.3. The van der Waals surface area contributed by atoms with Gasteiger partial charge in [-0.1, -0.05) is 128 Å². The zero-order valence-electron chi connectivity index (χ0n) is 26.3. The van der Waals surface area contributed by atoms with Gasteiger partial charge in [0.25, 0.3) is 15.1 Å². The third kappa shape index (κ3) is 7.27. The maximum absolute atomic E-state index is 13.5. The van der Waals surface area contributed by atoms with Gasteiger partial charge in [-0.3, -0.25) is 4.79 Å². The Morgan fingerprint density at radius 1 is 0.917 bits per heavy atom. The summed E-state index contributed by atoms with van der Waals surface area (Å²) in [6.07, 6.45) is 2.96. The molecule has 1 N–H and O–H groups in total. The number of ether oxygens (including phenoxy) is 1. The first-order valence-corrected chi connectivity index (χ1v) is 18.3. The fourth-order valence-electron chi connectivity index (χ4n) is 5.67. The summed E-state index contributed by atoms with van der Waals surface area (Å²) in [6, 6.07) is 32.2. The molecule has 0 saturated heterocycles. The molecule has 48 heavy (non-hydrogen) atoms. The number of esters is 1. The standard InChI is InChI=1S/C37H34ClN3O5S2/c1-2-3-18-33-39-31(25-46-35(42)27-12-6-4-7-13-27)34(38)41(33)24-26-19-21-30(22-20-26)37(23-29-16-10-11-17-32(29)47-37)40-48(44,45)36(43)28-14-8-5-9-15-28/h4-17,19-22,40H,2-3,18,23-25H2,1H3. The molecule has 0 fully saturated rings. The number of nitrogens with zero attached hydrogens (tertiary/aromatic N) is 2. The number of hydrogen-bond acceptors (Lipinski definition) is 7. The molecule has 6 rings (SSSR count). The van der Waals surface area contributed by atoms with E-state index < -0.39 is 26.0 Å². The van der Waals surface area contributed by atoms with Crippen molar-refractivity contribution in [3.05, 3.63) is 154 Å². The van der Waals surface area contributed by atoms with Gasteiger partial charge in [0.2, 0.25) is 0 Å². The number of imidazole rings is 1. The molecule has 2 heterocycles. The van der Waals surface area contributed by atoms with Crippen molar-refractivity contribution < 1.29 is 22.7 Å². The summed E-state index contributed by atoms with van der Waals surface area (Å²) in [7, 11) is -4.40. The Bertz CT molecular complexity index is 2010. The van der Waals surface area contributed by atoms with Crippen molar-refractivity contribution in [2.45, 2.75) is 55.5 Å². The van der Waals surface area contributed by atoms with Gasteiger partial charge in [0.1, 0.15) is 28.1 Å². The molecule has 0 saturated carbocycles. The van der Waals surface area contributed by atoms with Crippen molar-refractivity contribution in [2.75, 3.05) is 0 Å². The molecule has 246 valence electrons. The number of unbranched alkanes of at least 4 members (excludes halogenated alkanes) is 1. The second-order valence-electron chi connectivity index (χ2n) is 11.6. The molecule has 4 aromatic carbocycles. The highest BCUT2D eigenvalue weighted by atomic mass is 35.5. The van der Waals surface area contributed by atoms with Crippen molar-refractivity contribution >= 4 is 44.5 Å². The third-order valence-electron chi connectivity index (χ3n) is 8.16. The molecule has 0 radical (unpaired) electrons. The molecular weight excluding hydrogens is 666 g/mol. The summed E-state index contributed by atoms with van der Waals surface area (Å²) in [4.78, 5) is 30.3. The number of carbonyl (C=O) groups is 2. The lowest BCUT2D eigenvalue weighted by atomic mass is 9.98. The molecule has 1 aliphatic rings. The van der Waals surface area contributed by atoms with Crippen LogP contribution in [0.4, 0.5) is 0 Å². The summed E-state index contributed by atoms with van der Waals surface area (Å²) >= 11 is 8.24. The number of aryl methyl sites for hydroxylation is 1. The maximum atomic E-state index is 13.5. The first kappa shape index (κ1) is 33.7. The number of benzene rings is 4. The van der Waals surface area contributed by atoms with Crippen LogP contribution in [0.2, 0.25) is 5.15 Å². The molecule has 0 aliphatic carbocycles. The van der Waals surface area contributed by atoms with Crippen LogP contribution < -0.4 is 4.72 Å². The Labute approximate surface area is 289 Å². The fourth-order valence-corrected chi connectivity index (χ4v) is 8.86. The van der Waals surface area contributed by atoms with Crippen LogP contribution in [0.5, 0.6) is 0 Å². The lowest BCUT2D eigenvalue weighted by Gasteiger charge is -2.29. The normalized spacial score (nSPS) is 15.6. The van der Waals surface area contributed by atoms with E-state index >= 15 is 0 Å². The second kappa shape index (κ2) is 14.5. The van der Waals surface area contributed by atoms with E-state index in [4.69, 9.17) is 21.3 Å². The third-order valence-corrected chi connectivity index (χ3v) is 11.5. The van der Waals surface area contributed by atoms with Gasteiger partial charge in [0.05, 0.1) is 12.1 Å². The molecule has 1 aromatic heterocycles. The molecule has 0 spiro atoms. The van der Waals surface area contributed by atoms with Gasteiger partial charge < -0.3 is 9.30 Å². The minimum absolute atomic E-state index is 0.0558. The van der Waals surface area contributed by atoms with Crippen LogP contribution in [0.3, 0.4) is 0 Å². The van der Waals surface area contributed by atoms with E-state index in [1.807, 2.05) is 59.2 Å². The van der Waals surface area contributed by atoms with Gasteiger partial charge in [-0.2, -0.15) is 4.72 Å². The van der Waals surface area contributed by atoms with E-state index in [0.29, 0.717) is 41.4 Å². The quantitative estimate of drug-likeness (QED) is 0.134. The highest BCUT2D eigenvalue weighted by Crippen LogP contribution is 2.50.